The van der Waals surface area contributed by atoms with Gasteiger partial charge in [-0.25, -0.2) is 0 Å². The third kappa shape index (κ3) is 3.43. The van der Waals surface area contributed by atoms with Crippen molar-refractivity contribution in [1.82, 2.24) is 10.2 Å². The zero-order chi connectivity index (χ0) is 15.5. The highest BCUT2D eigenvalue weighted by Crippen LogP contribution is 2.25. The molecule has 21 heavy (non-hydrogen) atoms. The van der Waals surface area contributed by atoms with Gasteiger partial charge in [-0.15, -0.1) is 0 Å². The van der Waals surface area contributed by atoms with Crippen molar-refractivity contribution in [1.29, 1.82) is 0 Å². The number of primary amides is 1. The van der Waals surface area contributed by atoms with E-state index < -0.39 is 5.54 Å². The minimum atomic E-state index is -0.880. The topological polar surface area (TPSA) is 67.6 Å². The van der Waals surface area contributed by atoms with E-state index in [1.54, 1.807) is 7.05 Å². The molecule has 1 unspecified atom stereocenters. The summed E-state index contributed by atoms with van der Waals surface area (Å²) in [7, 11) is 1.78. The molecule has 0 aliphatic carbocycles. The normalized spacial score (nSPS) is 21.7. The number of amides is 1. The van der Waals surface area contributed by atoms with E-state index in [4.69, 9.17) is 10.5 Å². The lowest BCUT2D eigenvalue weighted by molar-refractivity contribution is -0.129. The van der Waals surface area contributed by atoms with E-state index in [-0.39, 0.29) is 11.5 Å². The number of benzene rings is 1. The van der Waals surface area contributed by atoms with Crippen LogP contribution in [-0.2, 0) is 15.1 Å². The molecule has 0 radical (unpaired) electrons. The SMILES string of the molecule is CNC(CN1CCOC(C)(C)C1)(C(N)=O)c1ccccc1. The summed E-state index contributed by atoms with van der Waals surface area (Å²) in [5.41, 5.74) is 5.55. The van der Waals surface area contributed by atoms with Gasteiger partial charge in [-0.05, 0) is 26.5 Å². The van der Waals surface area contributed by atoms with Gasteiger partial charge in [-0.1, -0.05) is 30.3 Å². The molecule has 116 valence electrons. The number of nitrogens with two attached hydrogens (primary N) is 1. The van der Waals surface area contributed by atoms with Gasteiger partial charge >= 0.3 is 0 Å². The Morgan fingerprint density at radius 2 is 2.10 bits per heavy atom. The summed E-state index contributed by atoms with van der Waals surface area (Å²) in [4.78, 5) is 14.4. The number of nitrogens with one attached hydrogen (secondary N) is 1. The Bertz CT molecular complexity index is 490. The Labute approximate surface area is 126 Å². The second kappa shape index (κ2) is 6.13. The van der Waals surface area contributed by atoms with Crippen LogP contribution in [0.2, 0.25) is 0 Å². The lowest BCUT2D eigenvalue weighted by Gasteiger charge is -2.42. The molecule has 3 N–H and O–H groups in total. The third-order valence-corrected chi connectivity index (χ3v) is 4.08. The Morgan fingerprint density at radius 3 is 2.62 bits per heavy atom. The number of hydrogen-bond acceptors (Lipinski definition) is 4. The summed E-state index contributed by atoms with van der Waals surface area (Å²) < 4.78 is 5.73. The molecule has 0 spiro atoms. The van der Waals surface area contributed by atoms with Crippen molar-refractivity contribution in [2.45, 2.75) is 25.0 Å². The molecule has 1 aromatic carbocycles. The number of morpholine rings is 1. The molecule has 5 heteroatoms. The standard InChI is InChI=1S/C16H25N3O2/c1-15(2)11-19(9-10-21-15)12-16(18-3,14(17)20)13-7-5-4-6-8-13/h4-8,18H,9-12H2,1-3H3,(H2,17,20). The zero-order valence-corrected chi connectivity index (χ0v) is 13.1. The molecule has 1 saturated heterocycles. The number of carbonyl (C=O) groups excluding carboxylic acids is 1. The van der Waals surface area contributed by atoms with Crippen LogP contribution in [0.25, 0.3) is 0 Å². The molecule has 1 aromatic rings. The maximum Gasteiger partial charge on any atom is 0.243 e. The van der Waals surface area contributed by atoms with Gasteiger partial charge in [-0.2, -0.15) is 0 Å². The monoisotopic (exact) mass is 291 g/mol. The first-order valence-electron chi connectivity index (χ1n) is 7.30. The fourth-order valence-electron chi connectivity index (χ4n) is 2.97. The Morgan fingerprint density at radius 1 is 1.43 bits per heavy atom. The quantitative estimate of drug-likeness (QED) is 0.838. The van der Waals surface area contributed by atoms with Crippen LogP contribution in [0.15, 0.2) is 30.3 Å². The Kier molecular flexibility index (Phi) is 4.66. The molecule has 1 aliphatic rings. The molecule has 1 heterocycles. The summed E-state index contributed by atoms with van der Waals surface area (Å²) in [5.74, 6) is -0.361. The highest BCUT2D eigenvalue weighted by molar-refractivity contribution is 5.86. The number of hydrogen-bond donors (Lipinski definition) is 2. The molecule has 1 aliphatic heterocycles. The van der Waals surface area contributed by atoms with Crippen LogP contribution in [0, 0.1) is 0 Å². The molecular weight excluding hydrogens is 266 g/mol. The molecule has 2 rings (SSSR count). The second-order valence-electron chi connectivity index (χ2n) is 6.20. The molecule has 1 atom stereocenters. The first-order chi connectivity index (χ1) is 9.89. The number of rotatable bonds is 5. The van der Waals surface area contributed by atoms with E-state index in [2.05, 4.69) is 24.1 Å². The van der Waals surface area contributed by atoms with Gasteiger partial charge in [0.15, 0.2) is 0 Å². The van der Waals surface area contributed by atoms with Gasteiger partial charge in [-0.3, -0.25) is 9.69 Å². The van der Waals surface area contributed by atoms with Gasteiger partial charge in [0.05, 0.1) is 12.2 Å². The van der Waals surface area contributed by atoms with Crippen molar-refractivity contribution in [2.75, 3.05) is 33.3 Å². The summed E-state index contributed by atoms with van der Waals surface area (Å²) in [5, 5.41) is 3.15. The molecule has 0 aromatic heterocycles. The van der Waals surface area contributed by atoms with E-state index >= 15 is 0 Å². The minimum absolute atomic E-state index is 0.202. The Balaban J connectivity index is 2.27. The predicted octanol–water partition coefficient (Wildman–Crippen LogP) is 0.697. The summed E-state index contributed by atoms with van der Waals surface area (Å²) >= 11 is 0. The van der Waals surface area contributed by atoms with Crippen molar-refractivity contribution < 1.29 is 9.53 Å². The highest BCUT2D eigenvalue weighted by Gasteiger charge is 2.40. The number of likely N-dealkylation sites (N-methyl/N-ethyl adjacent to an activating group) is 1. The van der Waals surface area contributed by atoms with Crippen molar-refractivity contribution >= 4 is 5.91 Å². The van der Waals surface area contributed by atoms with Crippen LogP contribution in [0.4, 0.5) is 0 Å². The first-order valence-corrected chi connectivity index (χ1v) is 7.30. The van der Waals surface area contributed by atoms with Crippen LogP contribution in [0.1, 0.15) is 19.4 Å². The van der Waals surface area contributed by atoms with Crippen LogP contribution < -0.4 is 11.1 Å². The fourth-order valence-corrected chi connectivity index (χ4v) is 2.97. The predicted molar refractivity (Wildman–Crippen MR) is 82.8 cm³/mol. The van der Waals surface area contributed by atoms with E-state index in [1.165, 1.54) is 0 Å². The zero-order valence-electron chi connectivity index (χ0n) is 13.1. The van der Waals surface area contributed by atoms with Crippen molar-refractivity contribution in [2.24, 2.45) is 5.73 Å². The summed E-state index contributed by atoms with van der Waals surface area (Å²) in [6.07, 6.45) is 0. The molecular formula is C16H25N3O2. The average Bonchev–Trinajstić information content (AvgIpc) is 2.44. The third-order valence-electron chi connectivity index (χ3n) is 4.08. The lowest BCUT2D eigenvalue weighted by Crippen LogP contribution is -2.61. The largest absolute Gasteiger partial charge is 0.373 e. The van der Waals surface area contributed by atoms with E-state index in [1.807, 2.05) is 30.3 Å². The highest BCUT2D eigenvalue weighted by atomic mass is 16.5. The van der Waals surface area contributed by atoms with E-state index in [9.17, 15) is 4.79 Å². The Hall–Kier alpha value is -1.43. The maximum absolute atomic E-state index is 12.2. The molecule has 5 nitrogen and oxygen atoms in total. The minimum Gasteiger partial charge on any atom is -0.373 e. The van der Waals surface area contributed by atoms with Crippen LogP contribution in [0.5, 0.6) is 0 Å². The van der Waals surface area contributed by atoms with Gasteiger partial charge in [0, 0.05) is 19.6 Å². The molecule has 1 amide bonds. The maximum atomic E-state index is 12.2. The van der Waals surface area contributed by atoms with Crippen LogP contribution >= 0.6 is 0 Å². The van der Waals surface area contributed by atoms with Crippen LogP contribution in [0.3, 0.4) is 0 Å². The fraction of sp³-hybridized carbons (Fsp3) is 0.562. The van der Waals surface area contributed by atoms with Crippen molar-refractivity contribution in [3.05, 3.63) is 35.9 Å². The van der Waals surface area contributed by atoms with Crippen molar-refractivity contribution in [3.8, 4) is 0 Å². The second-order valence-corrected chi connectivity index (χ2v) is 6.20. The number of nitrogens with zero attached hydrogens (tertiary/aromatic N) is 1. The summed E-state index contributed by atoms with van der Waals surface area (Å²) in [6, 6.07) is 9.66. The van der Waals surface area contributed by atoms with E-state index in [0.29, 0.717) is 13.2 Å². The first kappa shape index (κ1) is 15.9. The number of carbonyl (C=O) groups is 1. The van der Waals surface area contributed by atoms with Crippen molar-refractivity contribution in [3.63, 3.8) is 0 Å². The van der Waals surface area contributed by atoms with Gasteiger partial charge in [0.25, 0.3) is 0 Å². The summed E-state index contributed by atoms with van der Waals surface area (Å²) in [6.45, 7) is 6.90. The van der Waals surface area contributed by atoms with Gasteiger partial charge in [0.2, 0.25) is 5.91 Å². The molecule has 1 fully saturated rings. The van der Waals surface area contributed by atoms with E-state index in [0.717, 1.165) is 18.7 Å². The number of ether oxygens (including phenoxy) is 1. The smallest absolute Gasteiger partial charge is 0.243 e. The molecule has 0 saturated carbocycles. The van der Waals surface area contributed by atoms with Gasteiger partial charge in [0.1, 0.15) is 5.54 Å². The van der Waals surface area contributed by atoms with Gasteiger partial charge < -0.3 is 15.8 Å². The average molecular weight is 291 g/mol. The lowest BCUT2D eigenvalue weighted by atomic mass is 9.88. The molecule has 0 bridgehead atoms. The van der Waals surface area contributed by atoms with Crippen LogP contribution in [-0.4, -0.2) is 49.7 Å².